The van der Waals surface area contributed by atoms with Crippen LogP contribution >= 0.6 is 11.6 Å². The Morgan fingerprint density at radius 1 is 1.19 bits per heavy atom. The second kappa shape index (κ2) is 7.50. The van der Waals surface area contributed by atoms with Crippen LogP contribution in [0.4, 0.5) is 13.2 Å². The van der Waals surface area contributed by atoms with Gasteiger partial charge >= 0.3 is 6.18 Å². The summed E-state index contributed by atoms with van der Waals surface area (Å²) in [5.74, 6) is -0.492. The summed E-state index contributed by atoms with van der Waals surface area (Å²) in [5.41, 5.74) is -0.955. The molecular formula is C18H22ClF3N4O. The molecule has 0 N–H and O–H groups in total. The van der Waals surface area contributed by atoms with Crippen molar-refractivity contribution in [2.24, 2.45) is 0 Å². The van der Waals surface area contributed by atoms with Crippen molar-refractivity contribution in [1.82, 2.24) is 19.4 Å². The standard InChI is InChI=1S/C18H22ClF3N4O/c1-9(2)25(6)17(27)14-13(16-23-7-12(19)8-24-16)11(5)15(18(20,21)22)26(14)10(3)4/h7-10H,1-6H3. The van der Waals surface area contributed by atoms with Gasteiger partial charge in [0, 0.05) is 31.5 Å². The third kappa shape index (κ3) is 3.95. The molecule has 148 valence electrons. The number of alkyl halides is 3. The number of hydrogen-bond acceptors (Lipinski definition) is 3. The highest BCUT2D eigenvalue weighted by Crippen LogP contribution is 2.42. The summed E-state index contributed by atoms with van der Waals surface area (Å²) in [6.45, 7) is 8.12. The van der Waals surface area contributed by atoms with Gasteiger partial charge in [-0.15, -0.1) is 0 Å². The fourth-order valence-corrected chi connectivity index (χ4v) is 3.00. The van der Waals surface area contributed by atoms with Gasteiger partial charge in [0.15, 0.2) is 5.82 Å². The topological polar surface area (TPSA) is 51.0 Å². The molecule has 0 radical (unpaired) electrons. The Labute approximate surface area is 161 Å². The third-order valence-electron chi connectivity index (χ3n) is 4.38. The minimum absolute atomic E-state index is 0.0299. The summed E-state index contributed by atoms with van der Waals surface area (Å²) in [5, 5.41) is 0.253. The maximum atomic E-state index is 13.9. The minimum Gasteiger partial charge on any atom is -0.338 e. The van der Waals surface area contributed by atoms with E-state index in [1.54, 1.807) is 34.7 Å². The van der Waals surface area contributed by atoms with Crippen LogP contribution in [-0.4, -0.2) is 38.4 Å². The maximum absolute atomic E-state index is 13.9. The number of halogens is 4. The van der Waals surface area contributed by atoms with Gasteiger partial charge < -0.3 is 9.47 Å². The lowest BCUT2D eigenvalue weighted by atomic mass is 10.1. The van der Waals surface area contributed by atoms with E-state index in [4.69, 9.17) is 11.6 Å². The van der Waals surface area contributed by atoms with Gasteiger partial charge in [0.2, 0.25) is 0 Å². The molecule has 0 aliphatic carbocycles. The Morgan fingerprint density at radius 2 is 1.70 bits per heavy atom. The van der Waals surface area contributed by atoms with Gasteiger partial charge in [-0.25, -0.2) is 9.97 Å². The molecule has 0 saturated carbocycles. The Hall–Kier alpha value is -2.09. The van der Waals surface area contributed by atoms with Crippen molar-refractivity contribution in [1.29, 1.82) is 0 Å². The molecule has 0 aliphatic rings. The second-order valence-electron chi connectivity index (χ2n) is 6.89. The molecule has 1 amide bonds. The first-order valence-electron chi connectivity index (χ1n) is 8.44. The first-order valence-corrected chi connectivity index (χ1v) is 8.82. The third-order valence-corrected chi connectivity index (χ3v) is 4.57. The molecule has 0 atom stereocenters. The van der Waals surface area contributed by atoms with Crippen molar-refractivity contribution < 1.29 is 18.0 Å². The highest BCUT2D eigenvalue weighted by molar-refractivity contribution is 6.30. The van der Waals surface area contributed by atoms with Crippen LogP contribution in [0.3, 0.4) is 0 Å². The van der Waals surface area contributed by atoms with Gasteiger partial charge in [-0.3, -0.25) is 4.79 Å². The predicted molar refractivity (Wildman–Crippen MR) is 97.8 cm³/mol. The average molecular weight is 403 g/mol. The van der Waals surface area contributed by atoms with Crippen molar-refractivity contribution in [3.05, 3.63) is 34.4 Å². The summed E-state index contributed by atoms with van der Waals surface area (Å²) < 4.78 is 42.6. The number of rotatable bonds is 4. The van der Waals surface area contributed by atoms with Gasteiger partial charge in [0.25, 0.3) is 5.91 Å². The van der Waals surface area contributed by atoms with E-state index in [1.165, 1.54) is 24.2 Å². The molecule has 0 saturated heterocycles. The van der Waals surface area contributed by atoms with Gasteiger partial charge in [0.1, 0.15) is 11.4 Å². The lowest BCUT2D eigenvalue weighted by molar-refractivity contribution is -0.144. The molecule has 0 fully saturated rings. The summed E-state index contributed by atoms with van der Waals surface area (Å²) in [7, 11) is 1.56. The van der Waals surface area contributed by atoms with Crippen LogP contribution in [0, 0.1) is 6.92 Å². The normalized spacial score (nSPS) is 12.1. The number of nitrogens with zero attached hydrogens (tertiary/aromatic N) is 4. The molecule has 2 rings (SSSR count). The average Bonchev–Trinajstić information content (AvgIpc) is 2.87. The number of carbonyl (C=O) groups is 1. The lowest BCUT2D eigenvalue weighted by Crippen LogP contribution is -2.35. The monoisotopic (exact) mass is 402 g/mol. The molecule has 0 unspecified atom stereocenters. The lowest BCUT2D eigenvalue weighted by Gasteiger charge is -2.25. The first kappa shape index (κ1) is 21.2. The molecular weight excluding hydrogens is 381 g/mol. The molecule has 0 aliphatic heterocycles. The quantitative estimate of drug-likeness (QED) is 0.724. The first-order chi connectivity index (χ1) is 12.4. The minimum atomic E-state index is -4.63. The fraction of sp³-hybridized carbons (Fsp3) is 0.500. The molecule has 0 bridgehead atoms. The van der Waals surface area contributed by atoms with Crippen LogP contribution in [0.5, 0.6) is 0 Å². The molecule has 0 aromatic carbocycles. The van der Waals surface area contributed by atoms with Gasteiger partial charge in [-0.2, -0.15) is 13.2 Å². The van der Waals surface area contributed by atoms with E-state index in [9.17, 15) is 18.0 Å². The van der Waals surface area contributed by atoms with E-state index in [1.807, 2.05) is 0 Å². The largest absolute Gasteiger partial charge is 0.431 e. The van der Waals surface area contributed by atoms with Crippen LogP contribution in [0.1, 0.15) is 55.5 Å². The number of amides is 1. The van der Waals surface area contributed by atoms with E-state index < -0.39 is 23.8 Å². The van der Waals surface area contributed by atoms with Crippen molar-refractivity contribution >= 4 is 17.5 Å². The summed E-state index contributed by atoms with van der Waals surface area (Å²) in [4.78, 5) is 22.6. The second-order valence-corrected chi connectivity index (χ2v) is 7.33. The van der Waals surface area contributed by atoms with Crippen LogP contribution in [0.15, 0.2) is 12.4 Å². The number of hydrogen-bond donors (Lipinski definition) is 0. The van der Waals surface area contributed by atoms with Crippen molar-refractivity contribution in [2.75, 3.05) is 7.05 Å². The van der Waals surface area contributed by atoms with Crippen LogP contribution in [-0.2, 0) is 6.18 Å². The van der Waals surface area contributed by atoms with Crippen LogP contribution < -0.4 is 0 Å². The van der Waals surface area contributed by atoms with Crippen LogP contribution in [0.2, 0.25) is 5.02 Å². The Morgan fingerprint density at radius 3 is 2.11 bits per heavy atom. The molecule has 0 spiro atoms. The Bertz CT molecular complexity index is 842. The van der Waals surface area contributed by atoms with Crippen molar-refractivity contribution in [2.45, 2.75) is 52.9 Å². The maximum Gasteiger partial charge on any atom is 0.431 e. The van der Waals surface area contributed by atoms with Crippen molar-refractivity contribution in [3.8, 4) is 11.4 Å². The Kier molecular flexibility index (Phi) is 5.89. The van der Waals surface area contributed by atoms with E-state index >= 15 is 0 Å². The number of carbonyl (C=O) groups excluding carboxylic acids is 1. The van der Waals surface area contributed by atoms with E-state index in [-0.39, 0.29) is 33.7 Å². The summed E-state index contributed by atoms with van der Waals surface area (Å²) in [6, 6.07) is -0.789. The van der Waals surface area contributed by atoms with E-state index in [0.29, 0.717) is 0 Å². The SMILES string of the molecule is Cc1c(-c2ncc(Cl)cn2)c(C(=O)N(C)C(C)C)n(C(C)C)c1C(F)(F)F. The molecule has 27 heavy (non-hydrogen) atoms. The smallest absolute Gasteiger partial charge is 0.338 e. The highest BCUT2D eigenvalue weighted by atomic mass is 35.5. The van der Waals surface area contributed by atoms with Gasteiger partial charge in [-0.1, -0.05) is 11.6 Å². The van der Waals surface area contributed by atoms with Gasteiger partial charge in [0.05, 0.1) is 10.6 Å². The van der Waals surface area contributed by atoms with E-state index in [2.05, 4.69) is 9.97 Å². The molecule has 2 aromatic heterocycles. The molecule has 2 heterocycles. The summed E-state index contributed by atoms with van der Waals surface area (Å²) in [6.07, 6.45) is -2.04. The van der Waals surface area contributed by atoms with Crippen LogP contribution in [0.25, 0.3) is 11.4 Å². The Balaban J connectivity index is 2.93. The zero-order chi connectivity index (χ0) is 20.7. The fourth-order valence-electron chi connectivity index (χ4n) is 2.90. The number of aromatic nitrogens is 3. The molecule has 2 aromatic rings. The molecule has 9 heteroatoms. The predicted octanol–water partition coefficient (Wildman–Crippen LogP) is 4.99. The summed E-state index contributed by atoms with van der Waals surface area (Å²) >= 11 is 5.81. The molecule has 5 nitrogen and oxygen atoms in total. The zero-order valence-electron chi connectivity index (χ0n) is 16.0. The van der Waals surface area contributed by atoms with Gasteiger partial charge in [-0.05, 0) is 40.2 Å². The highest BCUT2D eigenvalue weighted by Gasteiger charge is 2.42. The van der Waals surface area contributed by atoms with Crippen molar-refractivity contribution in [3.63, 3.8) is 0 Å². The van der Waals surface area contributed by atoms with E-state index in [0.717, 1.165) is 4.57 Å². The zero-order valence-corrected chi connectivity index (χ0v) is 16.8.